The largest absolute Gasteiger partial charge is 0.471 e. The van der Waals surface area contributed by atoms with Gasteiger partial charge in [-0.1, -0.05) is 5.16 Å². The van der Waals surface area contributed by atoms with Gasteiger partial charge in [0.1, 0.15) is 0 Å². The second-order valence-corrected chi connectivity index (χ2v) is 7.73. The van der Waals surface area contributed by atoms with Crippen LogP contribution in [0.4, 0.5) is 13.2 Å². The third-order valence-corrected chi connectivity index (χ3v) is 5.49. The molecule has 1 aliphatic carbocycles. The van der Waals surface area contributed by atoms with E-state index >= 15 is 0 Å². The number of benzene rings is 1. The van der Waals surface area contributed by atoms with E-state index in [0.717, 1.165) is 19.3 Å². The summed E-state index contributed by atoms with van der Waals surface area (Å²) in [6.07, 6.45) is -0.110. The summed E-state index contributed by atoms with van der Waals surface area (Å²) >= 11 is 0. The topological polar surface area (TPSA) is 68.3 Å². The minimum absolute atomic E-state index is 0.138. The SMILES string of the molecule is CS(=O)(=NC1CCC1)c1ccc(-c2noc(C(F)(F)F)n2)cc1. The highest BCUT2D eigenvalue weighted by molar-refractivity contribution is 7.93. The zero-order valence-electron chi connectivity index (χ0n) is 12.2. The van der Waals surface area contributed by atoms with Gasteiger partial charge >= 0.3 is 12.1 Å². The van der Waals surface area contributed by atoms with Crippen molar-refractivity contribution in [2.24, 2.45) is 4.36 Å². The molecule has 5 nitrogen and oxygen atoms in total. The monoisotopic (exact) mass is 345 g/mol. The number of hydrogen-bond donors (Lipinski definition) is 0. The Bertz CT molecular complexity index is 817. The van der Waals surface area contributed by atoms with Gasteiger partial charge in [0.2, 0.25) is 5.82 Å². The van der Waals surface area contributed by atoms with Gasteiger partial charge in [0, 0.05) is 16.7 Å². The molecule has 0 bridgehead atoms. The van der Waals surface area contributed by atoms with E-state index in [2.05, 4.69) is 19.0 Å². The molecule has 0 amide bonds. The molecule has 1 aliphatic rings. The van der Waals surface area contributed by atoms with Crippen molar-refractivity contribution >= 4 is 9.73 Å². The van der Waals surface area contributed by atoms with E-state index in [9.17, 15) is 17.4 Å². The van der Waals surface area contributed by atoms with Crippen molar-refractivity contribution in [2.45, 2.75) is 36.4 Å². The first-order valence-corrected chi connectivity index (χ1v) is 8.91. The molecule has 3 rings (SSSR count). The van der Waals surface area contributed by atoms with Gasteiger partial charge in [0.05, 0.1) is 15.8 Å². The van der Waals surface area contributed by atoms with E-state index in [1.165, 1.54) is 12.1 Å². The first-order chi connectivity index (χ1) is 10.8. The second kappa shape index (κ2) is 5.63. The predicted molar refractivity (Wildman–Crippen MR) is 77.1 cm³/mol. The van der Waals surface area contributed by atoms with Crippen LogP contribution in [0.3, 0.4) is 0 Å². The van der Waals surface area contributed by atoms with E-state index in [-0.39, 0.29) is 11.9 Å². The van der Waals surface area contributed by atoms with Gasteiger partial charge in [-0.25, -0.2) is 8.57 Å². The van der Waals surface area contributed by atoms with Crippen molar-refractivity contribution in [2.75, 3.05) is 6.26 Å². The molecule has 1 aromatic heterocycles. The second-order valence-electron chi connectivity index (χ2n) is 5.44. The molecule has 1 atom stereocenters. The number of aromatic nitrogens is 2. The Balaban J connectivity index is 1.86. The third kappa shape index (κ3) is 3.39. The highest BCUT2D eigenvalue weighted by Gasteiger charge is 2.38. The van der Waals surface area contributed by atoms with Gasteiger partial charge in [-0.15, -0.1) is 0 Å². The van der Waals surface area contributed by atoms with E-state index in [1.807, 2.05) is 0 Å². The average Bonchev–Trinajstić information content (AvgIpc) is 2.93. The fourth-order valence-corrected chi connectivity index (χ4v) is 3.69. The fourth-order valence-electron chi connectivity index (χ4n) is 2.15. The molecule has 0 saturated heterocycles. The molecule has 1 unspecified atom stereocenters. The van der Waals surface area contributed by atoms with Crippen molar-refractivity contribution in [3.05, 3.63) is 30.2 Å². The number of nitrogens with zero attached hydrogens (tertiary/aromatic N) is 3. The Kier molecular flexibility index (Phi) is 3.91. The molecule has 0 aliphatic heterocycles. The number of hydrogen-bond acceptors (Lipinski definition) is 5. The maximum atomic E-state index is 12.6. The molecule has 0 radical (unpaired) electrons. The van der Waals surface area contributed by atoms with Crippen LogP contribution in [-0.4, -0.2) is 26.6 Å². The molecule has 1 fully saturated rings. The third-order valence-electron chi connectivity index (χ3n) is 3.64. The van der Waals surface area contributed by atoms with Gasteiger partial charge in [0.15, 0.2) is 0 Å². The van der Waals surface area contributed by atoms with Crippen molar-refractivity contribution in [1.82, 2.24) is 10.1 Å². The van der Waals surface area contributed by atoms with Crippen LogP contribution in [0.2, 0.25) is 0 Å². The summed E-state index contributed by atoms with van der Waals surface area (Å²) < 4.78 is 58.5. The van der Waals surface area contributed by atoms with Crippen molar-refractivity contribution in [3.63, 3.8) is 0 Å². The van der Waals surface area contributed by atoms with Crippen LogP contribution >= 0.6 is 0 Å². The van der Waals surface area contributed by atoms with Crippen LogP contribution in [0.5, 0.6) is 0 Å². The number of alkyl halides is 3. The van der Waals surface area contributed by atoms with Crippen molar-refractivity contribution in [3.8, 4) is 11.4 Å². The van der Waals surface area contributed by atoms with Crippen LogP contribution in [-0.2, 0) is 15.9 Å². The maximum absolute atomic E-state index is 12.6. The summed E-state index contributed by atoms with van der Waals surface area (Å²) in [6, 6.07) is 6.31. The van der Waals surface area contributed by atoms with Crippen molar-refractivity contribution in [1.29, 1.82) is 0 Å². The Morgan fingerprint density at radius 1 is 1.26 bits per heavy atom. The minimum Gasteiger partial charge on any atom is -0.329 e. The highest BCUT2D eigenvalue weighted by atomic mass is 32.2. The minimum atomic E-state index is -4.68. The van der Waals surface area contributed by atoms with Gasteiger partial charge in [0.25, 0.3) is 0 Å². The molecule has 1 saturated carbocycles. The molecule has 0 N–H and O–H groups in total. The van der Waals surface area contributed by atoms with E-state index < -0.39 is 21.8 Å². The Hall–Kier alpha value is -1.90. The molecule has 23 heavy (non-hydrogen) atoms. The summed E-state index contributed by atoms with van der Waals surface area (Å²) in [5.74, 6) is -1.56. The Morgan fingerprint density at radius 2 is 1.91 bits per heavy atom. The normalized spacial score (nSPS) is 18.3. The quantitative estimate of drug-likeness (QED) is 0.849. The smallest absolute Gasteiger partial charge is 0.329 e. The van der Waals surface area contributed by atoms with Crippen LogP contribution in [0.15, 0.2) is 38.0 Å². The standard InChI is InChI=1S/C14H14F3N3O2S/c1-23(21,20-10-3-2-4-10)11-7-5-9(6-8-11)12-18-13(22-19-12)14(15,16)17/h5-8,10H,2-4H2,1H3. The molecular formula is C14H14F3N3O2S. The molecule has 124 valence electrons. The van der Waals surface area contributed by atoms with Crippen LogP contribution in [0, 0.1) is 0 Å². The predicted octanol–water partition coefficient (Wildman–Crippen LogP) is 3.76. The lowest BCUT2D eigenvalue weighted by Gasteiger charge is -2.22. The summed E-state index contributed by atoms with van der Waals surface area (Å²) in [7, 11) is -2.51. The van der Waals surface area contributed by atoms with Gasteiger partial charge in [-0.3, -0.25) is 0 Å². The molecule has 1 aromatic carbocycles. The summed E-state index contributed by atoms with van der Waals surface area (Å²) in [5, 5.41) is 3.31. The van der Waals surface area contributed by atoms with Crippen molar-refractivity contribution < 1.29 is 21.9 Å². The summed E-state index contributed by atoms with van der Waals surface area (Å²) in [5.41, 5.74) is 0.354. The molecule has 0 spiro atoms. The van der Waals surface area contributed by atoms with Gasteiger partial charge in [-0.05, 0) is 43.5 Å². The van der Waals surface area contributed by atoms with Crippen LogP contribution < -0.4 is 0 Å². The first kappa shape index (κ1) is 16.0. The zero-order valence-corrected chi connectivity index (χ0v) is 13.0. The zero-order chi connectivity index (χ0) is 16.7. The van der Waals surface area contributed by atoms with Gasteiger partial charge < -0.3 is 4.52 Å². The average molecular weight is 345 g/mol. The lowest BCUT2D eigenvalue weighted by Crippen LogP contribution is -2.17. The molecule has 1 heterocycles. The Labute approximate surface area is 131 Å². The molecular weight excluding hydrogens is 331 g/mol. The fraction of sp³-hybridized carbons (Fsp3) is 0.429. The van der Waals surface area contributed by atoms with Gasteiger partial charge in [-0.2, -0.15) is 18.2 Å². The molecule has 9 heteroatoms. The first-order valence-electron chi connectivity index (χ1n) is 6.98. The molecule has 2 aromatic rings. The number of halogens is 3. The maximum Gasteiger partial charge on any atom is 0.471 e. The number of rotatable bonds is 3. The highest BCUT2D eigenvalue weighted by Crippen LogP contribution is 2.30. The Morgan fingerprint density at radius 3 is 2.39 bits per heavy atom. The summed E-state index contributed by atoms with van der Waals surface area (Å²) in [4.78, 5) is 3.85. The van der Waals surface area contributed by atoms with Crippen LogP contribution in [0.1, 0.15) is 25.2 Å². The lowest BCUT2D eigenvalue weighted by atomic mass is 9.95. The summed E-state index contributed by atoms with van der Waals surface area (Å²) in [6.45, 7) is 0. The lowest BCUT2D eigenvalue weighted by molar-refractivity contribution is -0.159. The van der Waals surface area contributed by atoms with E-state index in [1.54, 1.807) is 18.4 Å². The van der Waals surface area contributed by atoms with Crippen LogP contribution in [0.25, 0.3) is 11.4 Å². The van der Waals surface area contributed by atoms with E-state index in [0.29, 0.717) is 10.5 Å². The van der Waals surface area contributed by atoms with E-state index in [4.69, 9.17) is 0 Å².